The minimum atomic E-state index is -0.189. The van der Waals surface area contributed by atoms with Gasteiger partial charge in [0, 0.05) is 43.9 Å². The summed E-state index contributed by atoms with van der Waals surface area (Å²) in [4.78, 5) is 14.7. The Balaban J connectivity index is 1.59. The normalized spacial score (nSPS) is 19.6. The van der Waals surface area contributed by atoms with E-state index in [4.69, 9.17) is 4.74 Å². The highest BCUT2D eigenvalue weighted by atomic mass is 16.5. The molecule has 2 heterocycles. The van der Waals surface area contributed by atoms with Gasteiger partial charge in [0.15, 0.2) is 0 Å². The molecular formula is C21H24N2O2. The highest BCUT2D eigenvalue weighted by Gasteiger charge is 2.32. The topological polar surface area (TPSA) is 41.6 Å². The van der Waals surface area contributed by atoms with Gasteiger partial charge in [-0.2, -0.15) is 0 Å². The molecule has 130 valence electrons. The number of hydrogen-bond donors (Lipinski definition) is 1. The molecule has 25 heavy (non-hydrogen) atoms. The Bertz CT molecular complexity index is 781. The second-order valence-corrected chi connectivity index (χ2v) is 6.73. The fourth-order valence-electron chi connectivity index (χ4n) is 3.83. The van der Waals surface area contributed by atoms with E-state index in [0.717, 1.165) is 55.8 Å². The molecule has 1 unspecified atom stereocenters. The smallest absolute Gasteiger partial charge is 0.339 e. The Morgan fingerprint density at radius 1 is 1.12 bits per heavy atom. The number of carbonyl (C=O) groups excluding carboxylic acids is 1. The van der Waals surface area contributed by atoms with Crippen molar-refractivity contribution in [2.45, 2.75) is 25.9 Å². The molecule has 2 aromatic rings. The number of ether oxygens (including phenoxy) is 1. The molecule has 0 saturated carbocycles. The third-order valence-electron chi connectivity index (χ3n) is 5.24. The van der Waals surface area contributed by atoms with Crippen LogP contribution >= 0.6 is 0 Å². The van der Waals surface area contributed by atoms with Crippen molar-refractivity contribution in [3.63, 3.8) is 0 Å². The van der Waals surface area contributed by atoms with E-state index in [-0.39, 0.29) is 12.1 Å². The van der Waals surface area contributed by atoms with Crippen molar-refractivity contribution in [1.29, 1.82) is 0 Å². The summed E-state index contributed by atoms with van der Waals surface area (Å²) in [6.45, 7) is 6.07. The van der Waals surface area contributed by atoms with Crippen molar-refractivity contribution in [3.05, 3.63) is 64.7 Å². The molecule has 1 fully saturated rings. The maximum absolute atomic E-state index is 12.4. The lowest BCUT2D eigenvalue weighted by molar-refractivity contribution is 0.0386. The number of fused-ring (bicyclic) bond motifs is 1. The van der Waals surface area contributed by atoms with Gasteiger partial charge >= 0.3 is 5.97 Å². The predicted octanol–water partition coefficient (Wildman–Crippen LogP) is 3.11. The molecule has 2 aliphatic rings. The molecule has 2 aromatic carbocycles. The summed E-state index contributed by atoms with van der Waals surface area (Å²) in [5, 5.41) is 3.36. The fourth-order valence-corrected chi connectivity index (χ4v) is 3.83. The first-order valence-corrected chi connectivity index (χ1v) is 9.13. The number of anilines is 1. The zero-order valence-corrected chi connectivity index (χ0v) is 14.6. The zero-order valence-electron chi connectivity index (χ0n) is 14.6. The van der Waals surface area contributed by atoms with Gasteiger partial charge in [-0.15, -0.1) is 0 Å². The molecule has 1 N–H and O–H groups in total. The number of piperazine rings is 1. The van der Waals surface area contributed by atoms with Gasteiger partial charge in [0.2, 0.25) is 0 Å². The first kappa shape index (κ1) is 16.2. The lowest BCUT2D eigenvalue weighted by Crippen LogP contribution is -2.43. The van der Waals surface area contributed by atoms with Gasteiger partial charge in [-0.25, -0.2) is 4.79 Å². The van der Waals surface area contributed by atoms with Gasteiger partial charge in [-0.1, -0.05) is 37.3 Å². The number of carbonyl (C=O) groups is 1. The van der Waals surface area contributed by atoms with Crippen LogP contribution in [0.25, 0.3) is 0 Å². The van der Waals surface area contributed by atoms with E-state index in [2.05, 4.69) is 53.5 Å². The molecular weight excluding hydrogens is 312 g/mol. The minimum absolute atomic E-state index is 0.174. The first-order valence-electron chi connectivity index (χ1n) is 9.13. The van der Waals surface area contributed by atoms with E-state index in [1.807, 2.05) is 6.07 Å². The Kier molecular flexibility index (Phi) is 4.45. The first-order chi connectivity index (χ1) is 12.3. The number of benzene rings is 2. The standard InChI is InChI=1S/C21H24N2O2/c1-2-15-5-3-4-6-16(15)13-20-18-8-7-17(14-19(18)21(24)25-20)23-11-9-22-10-12-23/h3-8,14,20,22H,2,9-13H2,1H3. The number of hydrogen-bond acceptors (Lipinski definition) is 4. The monoisotopic (exact) mass is 336 g/mol. The second-order valence-electron chi connectivity index (χ2n) is 6.73. The summed E-state index contributed by atoms with van der Waals surface area (Å²) in [6.07, 6.45) is 1.56. The highest BCUT2D eigenvalue weighted by molar-refractivity contribution is 5.95. The predicted molar refractivity (Wildman–Crippen MR) is 99.2 cm³/mol. The lowest BCUT2D eigenvalue weighted by atomic mass is 9.95. The van der Waals surface area contributed by atoms with Gasteiger partial charge in [-0.3, -0.25) is 0 Å². The van der Waals surface area contributed by atoms with Crippen LogP contribution in [0.2, 0.25) is 0 Å². The van der Waals surface area contributed by atoms with E-state index in [0.29, 0.717) is 0 Å². The molecule has 4 nitrogen and oxygen atoms in total. The maximum Gasteiger partial charge on any atom is 0.339 e. The van der Waals surface area contributed by atoms with Gasteiger partial charge in [0.05, 0.1) is 5.56 Å². The van der Waals surface area contributed by atoms with Crippen LogP contribution in [0.4, 0.5) is 5.69 Å². The molecule has 4 rings (SSSR count). The van der Waals surface area contributed by atoms with E-state index in [1.165, 1.54) is 11.1 Å². The molecule has 2 aliphatic heterocycles. The number of nitrogens with one attached hydrogen (secondary N) is 1. The van der Waals surface area contributed by atoms with Crippen LogP contribution in [-0.4, -0.2) is 32.1 Å². The number of cyclic esters (lactones) is 1. The average Bonchev–Trinajstić information content (AvgIpc) is 2.98. The molecule has 0 spiro atoms. The quantitative estimate of drug-likeness (QED) is 0.871. The Labute approximate surface area is 148 Å². The van der Waals surface area contributed by atoms with E-state index < -0.39 is 0 Å². The van der Waals surface area contributed by atoms with Crippen molar-refractivity contribution in [2.24, 2.45) is 0 Å². The molecule has 0 bridgehead atoms. The Hall–Kier alpha value is -2.33. The van der Waals surface area contributed by atoms with Crippen molar-refractivity contribution in [1.82, 2.24) is 5.32 Å². The van der Waals surface area contributed by atoms with E-state index in [9.17, 15) is 4.79 Å². The van der Waals surface area contributed by atoms with Crippen LogP contribution in [0.1, 0.15) is 40.1 Å². The largest absolute Gasteiger partial charge is 0.454 e. The second kappa shape index (κ2) is 6.89. The molecule has 0 aromatic heterocycles. The number of esters is 1. The third-order valence-corrected chi connectivity index (χ3v) is 5.24. The van der Waals surface area contributed by atoms with Crippen LogP contribution in [0, 0.1) is 0 Å². The SMILES string of the molecule is CCc1ccccc1CC1OC(=O)c2cc(N3CCNCC3)ccc21. The van der Waals surface area contributed by atoms with E-state index in [1.54, 1.807) is 0 Å². The molecule has 0 amide bonds. The summed E-state index contributed by atoms with van der Waals surface area (Å²) in [7, 11) is 0. The summed E-state index contributed by atoms with van der Waals surface area (Å²) in [5.41, 5.74) is 5.46. The van der Waals surface area contributed by atoms with Crippen LogP contribution < -0.4 is 10.2 Å². The van der Waals surface area contributed by atoms with Crippen molar-refractivity contribution >= 4 is 11.7 Å². The molecule has 0 radical (unpaired) electrons. The van der Waals surface area contributed by atoms with Gasteiger partial charge < -0.3 is 15.0 Å². The molecule has 1 atom stereocenters. The summed E-state index contributed by atoms with van der Waals surface area (Å²) < 4.78 is 5.71. The van der Waals surface area contributed by atoms with Crippen LogP contribution in [-0.2, 0) is 17.6 Å². The summed E-state index contributed by atoms with van der Waals surface area (Å²) in [5.74, 6) is -0.189. The summed E-state index contributed by atoms with van der Waals surface area (Å²) in [6, 6.07) is 14.6. The number of aryl methyl sites for hydroxylation is 1. The Morgan fingerprint density at radius 3 is 2.64 bits per heavy atom. The average molecular weight is 336 g/mol. The van der Waals surface area contributed by atoms with Crippen molar-refractivity contribution < 1.29 is 9.53 Å². The minimum Gasteiger partial charge on any atom is -0.454 e. The molecule has 1 saturated heterocycles. The lowest BCUT2D eigenvalue weighted by Gasteiger charge is -2.29. The van der Waals surface area contributed by atoms with Gasteiger partial charge in [0.25, 0.3) is 0 Å². The van der Waals surface area contributed by atoms with Gasteiger partial charge in [-0.05, 0) is 29.7 Å². The van der Waals surface area contributed by atoms with Crippen LogP contribution in [0.3, 0.4) is 0 Å². The molecule has 4 heteroatoms. The highest BCUT2D eigenvalue weighted by Crippen LogP contribution is 2.36. The zero-order chi connectivity index (χ0) is 17.2. The number of rotatable bonds is 4. The van der Waals surface area contributed by atoms with Crippen LogP contribution in [0.15, 0.2) is 42.5 Å². The Morgan fingerprint density at radius 2 is 1.88 bits per heavy atom. The van der Waals surface area contributed by atoms with Crippen molar-refractivity contribution in [3.8, 4) is 0 Å². The van der Waals surface area contributed by atoms with Gasteiger partial charge in [0.1, 0.15) is 6.10 Å². The number of nitrogens with zero attached hydrogens (tertiary/aromatic N) is 1. The van der Waals surface area contributed by atoms with Crippen molar-refractivity contribution in [2.75, 3.05) is 31.1 Å². The van der Waals surface area contributed by atoms with Crippen LogP contribution in [0.5, 0.6) is 0 Å². The third kappa shape index (κ3) is 3.14. The maximum atomic E-state index is 12.4. The van der Waals surface area contributed by atoms with E-state index >= 15 is 0 Å². The summed E-state index contributed by atoms with van der Waals surface area (Å²) >= 11 is 0. The fraction of sp³-hybridized carbons (Fsp3) is 0.381. The molecule has 0 aliphatic carbocycles.